The number of esters is 1. The van der Waals surface area contributed by atoms with Crippen molar-refractivity contribution in [1.82, 2.24) is 4.72 Å². The lowest BCUT2D eigenvalue weighted by molar-refractivity contribution is -0.147. The van der Waals surface area contributed by atoms with Crippen LogP contribution in [0.2, 0.25) is 5.02 Å². The van der Waals surface area contributed by atoms with Gasteiger partial charge in [-0.1, -0.05) is 11.6 Å². The second-order valence-electron chi connectivity index (χ2n) is 5.44. The predicted molar refractivity (Wildman–Crippen MR) is 97.2 cm³/mol. The van der Waals surface area contributed by atoms with Crippen LogP contribution in [0.3, 0.4) is 0 Å². The van der Waals surface area contributed by atoms with Crippen molar-refractivity contribution in [2.24, 2.45) is 0 Å². The molecule has 7 nitrogen and oxygen atoms in total. The van der Waals surface area contributed by atoms with Gasteiger partial charge in [-0.05, 0) is 36.4 Å². The number of hydrogen-bond acceptors (Lipinski definition) is 5. The number of hydrogen-bond donors (Lipinski definition) is 2. The van der Waals surface area contributed by atoms with Crippen molar-refractivity contribution in [3.63, 3.8) is 0 Å². The first-order valence-corrected chi connectivity index (χ1v) is 9.69. The van der Waals surface area contributed by atoms with Crippen molar-refractivity contribution in [1.29, 1.82) is 0 Å². The van der Waals surface area contributed by atoms with E-state index in [0.29, 0.717) is 5.02 Å². The van der Waals surface area contributed by atoms with Gasteiger partial charge in [0.25, 0.3) is 5.91 Å². The summed E-state index contributed by atoms with van der Waals surface area (Å²) in [5.74, 6) is -3.78. The Morgan fingerprint density at radius 2 is 1.71 bits per heavy atom. The van der Waals surface area contributed by atoms with Gasteiger partial charge in [-0.3, -0.25) is 9.59 Å². The van der Waals surface area contributed by atoms with Gasteiger partial charge in [0.2, 0.25) is 10.0 Å². The molecule has 0 saturated carbocycles. The van der Waals surface area contributed by atoms with E-state index in [1.165, 1.54) is 24.3 Å². The Morgan fingerprint density at radius 1 is 1.04 bits per heavy atom. The molecule has 2 aromatic carbocycles. The highest BCUT2D eigenvalue weighted by Crippen LogP contribution is 2.14. The number of carbonyl (C=O) groups excluding carboxylic acids is 2. The van der Waals surface area contributed by atoms with Crippen LogP contribution in [0.15, 0.2) is 47.4 Å². The molecular weight excluding hydrogens is 418 g/mol. The first-order valence-electron chi connectivity index (χ1n) is 7.83. The standard InChI is InChI=1S/C17H15ClF2N2O5S/c18-11-1-4-13(5-2-11)28(25,26)21-8-7-17(24)27-10-16(23)22-12-3-6-14(19)15(20)9-12/h1-6,9,21H,7-8,10H2,(H,22,23). The zero-order chi connectivity index (χ0) is 20.7. The normalized spacial score (nSPS) is 11.1. The first-order chi connectivity index (χ1) is 13.2. The summed E-state index contributed by atoms with van der Waals surface area (Å²) in [5.41, 5.74) is -0.00401. The quantitative estimate of drug-likeness (QED) is 0.624. The average molecular weight is 433 g/mol. The van der Waals surface area contributed by atoms with Crippen molar-refractivity contribution in [2.75, 3.05) is 18.5 Å². The maximum absolute atomic E-state index is 13.0. The lowest BCUT2D eigenvalue weighted by atomic mass is 10.3. The second kappa shape index (κ2) is 9.58. The van der Waals surface area contributed by atoms with Gasteiger partial charge < -0.3 is 10.1 Å². The van der Waals surface area contributed by atoms with Gasteiger partial charge in [0.1, 0.15) is 0 Å². The highest BCUT2D eigenvalue weighted by molar-refractivity contribution is 7.89. The van der Waals surface area contributed by atoms with Crippen LogP contribution in [-0.2, 0) is 24.3 Å². The molecule has 0 fully saturated rings. The Kier molecular flexibility index (Phi) is 7.44. The van der Waals surface area contributed by atoms with Gasteiger partial charge in [-0.2, -0.15) is 0 Å². The van der Waals surface area contributed by atoms with Crippen molar-refractivity contribution >= 4 is 39.2 Å². The number of benzene rings is 2. The summed E-state index contributed by atoms with van der Waals surface area (Å²) < 4.78 is 56.8. The molecule has 2 rings (SSSR count). The molecule has 0 aliphatic carbocycles. The zero-order valence-corrected chi connectivity index (χ0v) is 15.8. The van der Waals surface area contributed by atoms with Gasteiger partial charge in [-0.15, -0.1) is 0 Å². The van der Waals surface area contributed by atoms with E-state index >= 15 is 0 Å². The maximum atomic E-state index is 13.0. The fourth-order valence-electron chi connectivity index (χ4n) is 1.97. The van der Waals surface area contributed by atoms with Crippen LogP contribution in [0, 0.1) is 11.6 Å². The van der Waals surface area contributed by atoms with Crippen molar-refractivity contribution in [3.05, 3.63) is 59.1 Å². The summed E-state index contributed by atoms with van der Waals surface area (Å²) in [4.78, 5) is 23.2. The van der Waals surface area contributed by atoms with E-state index in [9.17, 15) is 26.8 Å². The Morgan fingerprint density at radius 3 is 2.36 bits per heavy atom. The summed E-state index contributed by atoms with van der Waals surface area (Å²) in [6, 6.07) is 8.21. The summed E-state index contributed by atoms with van der Waals surface area (Å²) in [5, 5.41) is 2.61. The largest absolute Gasteiger partial charge is 0.456 e. The van der Waals surface area contributed by atoms with Crippen molar-refractivity contribution in [2.45, 2.75) is 11.3 Å². The number of halogens is 3. The number of amides is 1. The third-order valence-corrected chi connectivity index (χ3v) is 5.04. The molecule has 1 amide bonds. The monoisotopic (exact) mass is 432 g/mol. The molecule has 0 aliphatic heterocycles. The van der Waals surface area contributed by atoms with E-state index in [4.69, 9.17) is 16.3 Å². The lowest BCUT2D eigenvalue weighted by Gasteiger charge is -2.08. The highest BCUT2D eigenvalue weighted by atomic mass is 35.5. The van der Waals surface area contributed by atoms with Gasteiger partial charge in [0.15, 0.2) is 18.2 Å². The van der Waals surface area contributed by atoms with Crippen molar-refractivity contribution in [3.8, 4) is 0 Å². The van der Waals surface area contributed by atoms with E-state index in [0.717, 1.165) is 18.2 Å². The number of nitrogens with one attached hydrogen (secondary N) is 2. The molecule has 150 valence electrons. The molecule has 0 saturated heterocycles. The summed E-state index contributed by atoms with van der Waals surface area (Å²) in [7, 11) is -3.81. The van der Waals surface area contributed by atoms with Gasteiger partial charge >= 0.3 is 5.97 Å². The molecule has 0 aliphatic rings. The minimum Gasteiger partial charge on any atom is -0.456 e. The Labute approximate surface area is 164 Å². The molecule has 0 radical (unpaired) electrons. The van der Waals surface area contributed by atoms with Crippen LogP contribution in [0.4, 0.5) is 14.5 Å². The fourth-order valence-corrected chi connectivity index (χ4v) is 3.13. The van der Waals surface area contributed by atoms with E-state index < -0.39 is 40.1 Å². The average Bonchev–Trinajstić information content (AvgIpc) is 2.63. The third-order valence-electron chi connectivity index (χ3n) is 3.31. The fraction of sp³-hybridized carbons (Fsp3) is 0.176. The smallest absolute Gasteiger partial charge is 0.307 e. The summed E-state index contributed by atoms with van der Waals surface area (Å²) >= 11 is 5.69. The molecule has 0 bridgehead atoms. The Balaban J connectivity index is 1.74. The van der Waals surface area contributed by atoms with Gasteiger partial charge in [0.05, 0.1) is 11.3 Å². The molecule has 0 atom stereocenters. The topological polar surface area (TPSA) is 102 Å². The lowest BCUT2D eigenvalue weighted by Crippen LogP contribution is -2.28. The van der Waals surface area contributed by atoms with E-state index in [-0.39, 0.29) is 23.5 Å². The summed E-state index contributed by atoms with van der Waals surface area (Å²) in [6.45, 7) is -0.906. The Hall–Kier alpha value is -2.56. The van der Waals surface area contributed by atoms with Crippen LogP contribution in [0.1, 0.15) is 6.42 Å². The number of ether oxygens (including phenoxy) is 1. The number of rotatable bonds is 8. The molecule has 11 heteroatoms. The minimum atomic E-state index is -3.81. The molecule has 0 aromatic heterocycles. The van der Waals surface area contributed by atoms with Crippen LogP contribution in [0.25, 0.3) is 0 Å². The SMILES string of the molecule is O=C(COC(=O)CCNS(=O)(=O)c1ccc(Cl)cc1)Nc1ccc(F)c(F)c1. The summed E-state index contributed by atoms with van der Waals surface area (Å²) in [6.07, 6.45) is -0.314. The third kappa shape index (κ3) is 6.55. The van der Waals surface area contributed by atoms with Gasteiger partial charge in [-0.25, -0.2) is 21.9 Å². The molecule has 28 heavy (non-hydrogen) atoms. The van der Waals surface area contributed by atoms with Crippen LogP contribution in [0.5, 0.6) is 0 Å². The molecule has 2 N–H and O–H groups in total. The molecule has 0 spiro atoms. The predicted octanol–water partition coefficient (Wildman–Crippen LogP) is 2.47. The second-order valence-corrected chi connectivity index (χ2v) is 7.64. The highest BCUT2D eigenvalue weighted by Gasteiger charge is 2.15. The molecule has 0 heterocycles. The Bertz CT molecular complexity index is 968. The van der Waals surface area contributed by atoms with E-state index in [2.05, 4.69) is 10.0 Å². The zero-order valence-electron chi connectivity index (χ0n) is 14.2. The van der Waals surface area contributed by atoms with Crippen molar-refractivity contribution < 1.29 is 31.5 Å². The first kappa shape index (κ1) is 21.7. The molecular formula is C17H15ClF2N2O5S. The number of carbonyl (C=O) groups is 2. The molecule has 0 unspecified atom stereocenters. The van der Waals surface area contributed by atoms with E-state index in [1.807, 2.05) is 0 Å². The molecule has 2 aromatic rings. The van der Waals surface area contributed by atoms with Gasteiger partial charge in [0, 0.05) is 23.3 Å². The number of anilines is 1. The van der Waals surface area contributed by atoms with E-state index in [1.54, 1.807) is 0 Å². The van der Waals surface area contributed by atoms with Crippen LogP contribution >= 0.6 is 11.6 Å². The number of sulfonamides is 1. The van der Waals surface area contributed by atoms with Crippen LogP contribution in [-0.4, -0.2) is 33.4 Å². The minimum absolute atomic E-state index is 0.00401. The maximum Gasteiger partial charge on any atom is 0.307 e. The van der Waals surface area contributed by atoms with Crippen LogP contribution < -0.4 is 10.0 Å².